The van der Waals surface area contributed by atoms with Gasteiger partial charge in [0.1, 0.15) is 5.52 Å². The van der Waals surface area contributed by atoms with Crippen LogP contribution in [-0.2, 0) is 9.59 Å². The molecule has 2 amide bonds. The number of allylic oxidation sites excluding steroid dienone is 2. The molecule has 0 spiro atoms. The van der Waals surface area contributed by atoms with Gasteiger partial charge in [-0.15, -0.1) is 0 Å². The minimum atomic E-state index is -0.657. The predicted molar refractivity (Wildman–Crippen MR) is 86.6 cm³/mol. The second-order valence-electron chi connectivity index (χ2n) is 6.31. The Morgan fingerprint density at radius 2 is 2.17 bits per heavy atom. The van der Waals surface area contributed by atoms with E-state index in [4.69, 9.17) is 0 Å². The van der Waals surface area contributed by atoms with Crippen molar-refractivity contribution in [2.75, 3.05) is 11.9 Å². The molecule has 6 nitrogen and oxygen atoms in total. The van der Waals surface area contributed by atoms with Crippen LogP contribution in [0.1, 0.15) is 12.8 Å². The molecule has 2 aromatic rings. The van der Waals surface area contributed by atoms with Crippen molar-refractivity contribution >= 4 is 28.5 Å². The lowest BCUT2D eigenvalue weighted by Gasteiger charge is -2.18. The molecule has 3 atom stereocenters. The van der Waals surface area contributed by atoms with E-state index in [1.54, 1.807) is 18.5 Å². The molecule has 2 aliphatic rings. The highest BCUT2D eigenvalue weighted by atomic mass is 16.2. The van der Waals surface area contributed by atoms with Crippen molar-refractivity contribution in [2.45, 2.75) is 12.8 Å². The van der Waals surface area contributed by atoms with E-state index in [-0.39, 0.29) is 0 Å². The lowest BCUT2D eigenvalue weighted by molar-refractivity contribution is -0.136. The Balaban J connectivity index is 1.35. The van der Waals surface area contributed by atoms with Gasteiger partial charge in [0.15, 0.2) is 0 Å². The third kappa shape index (κ3) is 2.60. The first kappa shape index (κ1) is 14.0. The maximum atomic E-state index is 12.0. The summed E-state index contributed by atoms with van der Waals surface area (Å²) in [5.41, 5.74) is 1.98. The smallest absolute Gasteiger partial charge is 0.313 e. The molecule has 6 heteroatoms. The van der Waals surface area contributed by atoms with Crippen molar-refractivity contribution in [3.63, 3.8) is 0 Å². The summed E-state index contributed by atoms with van der Waals surface area (Å²) in [5, 5.41) is 5.37. The topological polar surface area (TPSA) is 86.9 Å². The van der Waals surface area contributed by atoms with Crippen molar-refractivity contribution in [3.05, 3.63) is 36.7 Å². The van der Waals surface area contributed by atoms with Crippen LogP contribution in [0.4, 0.5) is 5.69 Å². The summed E-state index contributed by atoms with van der Waals surface area (Å²) in [6.07, 6.45) is 10.1. The van der Waals surface area contributed by atoms with E-state index in [1.165, 1.54) is 6.42 Å². The average Bonchev–Trinajstić information content (AvgIpc) is 3.28. The quantitative estimate of drug-likeness (QED) is 0.597. The molecule has 4 rings (SSSR count). The van der Waals surface area contributed by atoms with Gasteiger partial charge in [-0.05, 0) is 42.7 Å². The second kappa shape index (κ2) is 5.53. The van der Waals surface area contributed by atoms with Crippen LogP contribution in [0.2, 0.25) is 0 Å². The average molecular weight is 310 g/mol. The zero-order chi connectivity index (χ0) is 15.8. The number of nitrogens with zero attached hydrogens (tertiary/aromatic N) is 1. The number of amides is 2. The van der Waals surface area contributed by atoms with Gasteiger partial charge < -0.3 is 15.6 Å². The summed E-state index contributed by atoms with van der Waals surface area (Å²) in [6, 6.07) is 3.67. The van der Waals surface area contributed by atoms with E-state index in [2.05, 4.69) is 32.8 Å². The molecule has 118 valence electrons. The molecule has 2 aliphatic carbocycles. The van der Waals surface area contributed by atoms with E-state index in [0.29, 0.717) is 35.5 Å². The minimum absolute atomic E-state index is 0.455. The molecule has 0 aliphatic heterocycles. The van der Waals surface area contributed by atoms with Crippen LogP contribution in [0.25, 0.3) is 11.0 Å². The number of pyridine rings is 1. The lowest BCUT2D eigenvalue weighted by atomic mass is 9.94. The summed E-state index contributed by atoms with van der Waals surface area (Å²) in [7, 11) is 0. The molecule has 2 aromatic heterocycles. The summed E-state index contributed by atoms with van der Waals surface area (Å²) in [5.74, 6) is 0.419. The highest BCUT2D eigenvalue weighted by molar-refractivity contribution is 6.40. The van der Waals surface area contributed by atoms with Gasteiger partial charge in [0, 0.05) is 18.9 Å². The number of aromatic nitrogens is 2. The minimum Gasteiger partial charge on any atom is -0.358 e. The van der Waals surface area contributed by atoms with Crippen LogP contribution in [-0.4, -0.2) is 28.3 Å². The first-order chi connectivity index (χ1) is 11.2. The van der Waals surface area contributed by atoms with Gasteiger partial charge in [-0.2, -0.15) is 0 Å². The SMILES string of the molecule is O=C(NCC1CC2C=CC1C2)C(=O)Nc1c[nH]c2cccnc12. The van der Waals surface area contributed by atoms with Crippen molar-refractivity contribution in [1.82, 2.24) is 15.3 Å². The maximum absolute atomic E-state index is 12.0. The summed E-state index contributed by atoms with van der Waals surface area (Å²) in [4.78, 5) is 31.3. The van der Waals surface area contributed by atoms with Crippen LogP contribution >= 0.6 is 0 Å². The standard InChI is InChI=1S/C17H18N4O2/c22-16(20-8-12-7-10-3-4-11(12)6-10)17(23)21-14-9-19-13-2-1-5-18-15(13)14/h1-5,9-12,19H,6-8H2,(H,20,22)(H,21,23). The Hall–Kier alpha value is -2.63. The fourth-order valence-electron chi connectivity index (χ4n) is 3.66. The van der Waals surface area contributed by atoms with Crippen molar-refractivity contribution < 1.29 is 9.59 Å². The highest BCUT2D eigenvalue weighted by Crippen LogP contribution is 2.42. The Bertz CT molecular complexity index is 795. The molecule has 23 heavy (non-hydrogen) atoms. The van der Waals surface area contributed by atoms with Crippen LogP contribution in [0, 0.1) is 17.8 Å². The molecule has 1 saturated carbocycles. The zero-order valence-corrected chi connectivity index (χ0v) is 12.6. The number of hydrogen-bond donors (Lipinski definition) is 3. The van der Waals surface area contributed by atoms with E-state index < -0.39 is 11.8 Å². The van der Waals surface area contributed by atoms with Gasteiger partial charge in [0.25, 0.3) is 0 Å². The Morgan fingerprint density at radius 3 is 2.96 bits per heavy atom. The van der Waals surface area contributed by atoms with Crippen LogP contribution in [0.5, 0.6) is 0 Å². The lowest BCUT2D eigenvalue weighted by Crippen LogP contribution is -2.38. The number of anilines is 1. The number of carbonyl (C=O) groups excluding carboxylic acids is 2. The van der Waals surface area contributed by atoms with Gasteiger partial charge in [-0.1, -0.05) is 12.2 Å². The number of aromatic amines is 1. The molecule has 2 heterocycles. The third-order valence-electron chi connectivity index (χ3n) is 4.83. The van der Waals surface area contributed by atoms with Crippen LogP contribution in [0.3, 0.4) is 0 Å². The maximum Gasteiger partial charge on any atom is 0.313 e. The molecule has 0 saturated heterocycles. The number of fused-ring (bicyclic) bond motifs is 3. The van der Waals surface area contributed by atoms with Gasteiger partial charge in [-0.25, -0.2) is 0 Å². The van der Waals surface area contributed by atoms with Gasteiger partial charge in [0.2, 0.25) is 0 Å². The molecule has 3 unspecified atom stereocenters. The van der Waals surface area contributed by atoms with Gasteiger partial charge in [-0.3, -0.25) is 14.6 Å². The number of carbonyl (C=O) groups is 2. The van der Waals surface area contributed by atoms with Crippen molar-refractivity contribution in [2.24, 2.45) is 17.8 Å². The Labute approximate surface area is 133 Å². The normalized spacial score (nSPS) is 25.0. The summed E-state index contributed by atoms with van der Waals surface area (Å²) >= 11 is 0. The zero-order valence-electron chi connectivity index (χ0n) is 12.6. The molecule has 3 N–H and O–H groups in total. The van der Waals surface area contributed by atoms with E-state index in [9.17, 15) is 9.59 Å². The van der Waals surface area contributed by atoms with E-state index >= 15 is 0 Å². The monoisotopic (exact) mass is 310 g/mol. The first-order valence-electron chi connectivity index (χ1n) is 7.90. The number of hydrogen-bond acceptors (Lipinski definition) is 3. The fraction of sp³-hybridized carbons (Fsp3) is 0.353. The summed E-state index contributed by atoms with van der Waals surface area (Å²) < 4.78 is 0. The largest absolute Gasteiger partial charge is 0.358 e. The molecule has 0 radical (unpaired) electrons. The molecular weight excluding hydrogens is 292 g/mol. The van der Waals surface area contributed by atoms with Gasteiger partial charge in [0.05, 0.1) is 11.2 Å². The van der Waals surface area contributed by atoms with Gasteiger partial charge >= 0.3 is 11.8 Å². The predicted octanol–water partition coefficient (Wildman–Crippen LogP) is 1.83. The van der Waals surface area contributed by atoms with E-state index in [1.807, 2.05) is 6.07 Å². The van der Waals surface area contributed by atoms with Crippen molar-refractivity contribution in [3.8, 4) is 0 Å². The first-order valence-corrected chi connectivity index (χ1v) is 7.90. The molecule has 2 bridgehead atoms. The second-order valence-corrected chi connectivity index (χ2v) is 6.31. The van der Waals surface area contributed by atoms with Crippen LogP contribution < -0.4 is 10.6 Å². The summed E-state index contributed by atoms with van der Waals surface area (Å²) in [6.45, 7) is 0.559. The molecule has 0 aromatic carbocycles. The number of H-pyrrole nitrogens is 1. The van der Waals surface area contributed by atoms with Crippen LogP contribution in [0.15, 0.2) is 36.7 Å². The Morgan fingerprint density at radius 1 is 1.26 bits per heavy atom. The number of rotatable bonds is 3. The Kier molecular flexibility index (Phi) is 3.37. The van der Waals surface area contributed by atoms with E-state index in [0.717, 1.165) is 11.9 Å². The molecule has 1 fully saturated rings. The third-order valence-corrected chi connectivity index (χ3v) is 4.83. The highest BCUT2D eigenvalue weighted by Gasteiger charge is 2.35. The number of nitrogens with one attached hydrogen (secondary N) is 3. The molecular formula is C17H18N4O2. The van der Waals surface area contributed by atoms with Crippen molar-refractivity contribution in [1.29, 1.82) is 0 Å². The fourth-order valence-corrected chi connectivity index (χ4v) is 3.66.